The van der Waals surface area contributed by atoms with Crippen molar-refractivity contribution in [3.63, 3.8) is 0 Å². The summed E-state index contributed by atoms with van der Waals surface area (Å²) in [5.41, 5.74) is 0.195. The molecule has 0 spiro atoms. The molecule has 1 N–H and O–H groups in total. The number of esters is 2. The molecular formula is C32H36O8. The number of rotatable bonds is 16. The summed E-state index contributed by atoms with van der Waals surface area (Å²) in [6.45, 7) is 5.35. The van der Waals surface area contributed by atoms with Crippen molar-refractivity contribution in [3.8, 4) is 23.0 Å². The zero-order valence-corrected chi connectivity index (χ0v) is 23.0. The maximum atomic E-state index is 12.6. The van der Waals surface area contributed by atoms with Crippen LogP contribution in [0, 0.1) is 0 Å². The van der Waals surface area contributed by atoms with Crippen LogP contribution in [0.5, 0.6) is 23.0 Å². The average Bonchev–Trinajstić information content (AvgIpc) is 2.96. The number of hydrogen-bond donors (Lipinski definition) is 1. The Bertz CT molecular complexity index is 1250. The molecule has 0 amide bonds. The molecule has 0 aliphatic carbocycles. The van der Waals surface area contributed by atoms with Crippen LogP contribution in [0.1, 0.15) is 89.9 Å². The van der Waals surface area contributed by atoms with Crippen LogP contribution in [0.4, 0.5) is 0 Å². The van der Waals surface area contributed by atoms with Crippen molar-refractivity contribution in [2.45, 2.75) is 58.8 Å². The summed E-state index contributed by atoms with van der Waals surface area (Å²) in [5, 5.41) is 9.65. The summed E-state index contributed by atoms with van der Waals surface area (Å²) in [6.07, 6.45) is 7.90. The summed E-state index contributed by atoms with van der Waals surface area (Å²) < 4.78 is 21.9. The summed E-state index contributed by atoms with van der Waals surface area (Å²) >= 11 is 0. The van der Waals surface area contributed by atoms with E-state index in [1.165, 1.54) is 49.9 Å². The van der Waals surface area contributed by atoms with E-state index in [0.29, 0.717) is 24.7 Å². The lowest BCUT2D eigenvalue weighted by Crippen LogP contribution is -2.13. The van der Waals surface area contributed by atoms with Gasteiger partial charge in [-0.25, -0.2) is 14.4 Å². The molecule has 40 heavy (non-hydrogen) atoms. The normalized spacial score (nSPS) is 10.6. The van der Waals surface area contributed by atoms with Gasteiger partial charge in [0.1, 0.15) is 28.6 Å². The van der Waals surface area contributed by atoms with Crippen molar-refractivity contribution in [2.75, 3.05) is 13.2 Å². The number of aromatic carboxylic acids is 1. The molecule has 8 nitrogen and oxygen atoms in total. The fourth-order valence-electron chi connectivity index (χ4n) is 3.82. The Morgan fingerprint density at radius 2 is 1.12 bits per heavy atom. The van der Waals surface area contributed by atoms with E-state index in [1.807, 2.05) is 6.92 Å². The zero-order valence-electron chi connectivity index (χ0n) is 23.0. The molecule has 0 aliphatic rings. The van der Waals surface area contributed by atoms with Gasteiger partial charge in [0.05, 0.1) is 24.3 Å². The van der Waals surface area contributed by atoms with Crippen LogP contribution in [-0.2, 0) is 0 Å². The highest BCUT2D eigenvalue weighted by Gasteiger charge is 2.19. The minimum atomic E-state index is -1.34. The Morgan fingerprint density at radius 3 is 1.70 bits per heavy atom. The van der Waals surface area contributed by atoms with E-state index in [4.69, 9.17) is 18.9 Å². The zero-order chi connectivity index (χ0) is 28.7. The Labute approximate surface area is 234 Å². The van der Waals surface area contributed by atoms with E-state index in [0.717, 1.165) is 25.3 Å². The van der Waals surface area contributed by atoms with Crippen molar-refractivity contribution in [1.82, 2.24) is 0 Å². The van der Waals surface area contributed by atoms with Gasteiger partial charge in [-0.1, -0.05) is 46.0 Å². The molecule has 8 heteroatoms. The van der Waals surface area contributed by atoms with Gasteiger partial charge in [-0.3, -0.25) is 0 Å². The van der Waals surface area contributed by atoms with Gasteiger partial charge >= 0.3 is 17.9 Å². The SMILES string of the molecule is CCCCCCCCOc1ccc(C(=O)Oc2ccc(OC(=O)c3ccc(OCCC)cc3)c(C(=O)O)c2)cc1. The highest BCUT2D eigenvalue weighted by atomic mass is 16.5. The molecule has 3 rings (SSSR count). The lowest BCUT2D eigenvalue weighted by atomic mass is 10.1. The van der Waals surface area contributed by atoms with E-state index in [1.54, 1.807) is 36.4 Å². The predicted molar refractivity (Wildman–Crippen MR) is 151 cm³/mol. The number of hydrogen-bond acceptors (Lipinski definition) is 7. The van der Waals surface area contributed by atoms with E-state index in [2.05, 4.69) is 6.92 Å². The Kier molecular flexibility index (Phi) is 12.0. The standard InChI is InChI=1S/C32H36O8/c1-3-5-6-7-8-9-21-38-26-16-10-23(11-17-26)31(35)39-27-18-19-29(28(22-27)30(33)34)40-32(36)24-12-14-25(15-13-24)37-20-4-2/h10-19,22H,3-9,20-21H2,1-2H3,(H,33,34). The molecule has 0 saturated heterocycles. The third-order valence-corrected chi connectivity index (χ3v) is 6.01. The number of unbranched alkanes of at least 4 members (excludes halogenated alkanes) is 5. The van der Waals surface area contributed by atoms with Crippen LogP contribution >= 0.6 is 0 Å². The van der Waals surface area contributed by atoms with Crippen LogP contribution in [0.15, 0.2) is 66.7 Å². The average molecular weight is 549 g/mol. The van der Waals surface area contributed by atoms with Crippen molar-refractivity contribution < 1.29 is 38.4 Å². The number of carboxylic acids is 1. The van der Waals surface area contributed by atoms with Crippen LogP contribution in [0.2, 0.25) is 0 Å². The largest absolute Gasteiger partial charge is 0.494 e. The quantitative estimate of drug-likeness (QED) is 0.112. The maximum absolute atomic E-state index is 12.6. The second-order valence-corrected chi connectivity index (χ2v) is 9.26. The lowest BCUT2D eigenvalue weighted by Gasteiger charge is -2.11. The first-order valence-corrected chi connectivity index (χ1v) is 13.7. The van der Waals surface area contributed by atoms with Gasteiger partial charge in [0.25, 0.3) is 0 Å². The van der Waals surface area contributed by atoms with E-state index in [-0.39, 0.29) is 28.2 Å². The fourth-order valence-corrected chi connectivity index (χ4v) is 3.82. The van der Waals surface area contributed by atoms with Gasteiger partial charge in [0.2, 0.25) is 0 Å². The topological polar surface area (TPSA) is 108 Å². The Hall–Kier alpha value is -4.33. The third kappa shape index (κ3) is 9.45. The van der Waals surface area contributed by atoms with Crippen molar-refractivity contribution >= 4 is 17.9 Å². The molecular weight excluding hydrogens is 512 g/mol. The van der Waals surface area contributed by atoms with Gasteiger partial charge in [0, 0.05) is 0 Å². The van der Waals surface area contributed by atoms with Crippen molar-refractivity contribution in [3.05, 3.63) is 83.4 Å². The number of ether oxygens (including phenoxy) is 4. The molecule has 0 atom stereocenters. The molecule has 0 unspecified atom stereocenters. The fraction of sp³-hybridized carbons (Fsp3) is 0.344. The predicted octanol–water partition coefficient (Wildman–Crippen LogP) is 7.35. The van der Waals surface area contributed by atoms with Crippen LogP contribution in [0.3, 0.4) is 0 Å². The number of carbonyl (C=O) groups is 3. The molecule has 3 aromatic carbocycles. The molecule has 3 aromatic rings. The first kappa shape index (κ1) is 30.2. The van der Waals surface area contributed by atoms with Gasteiger partial charge in [-0.2, -0.15) is 0 Å². The first-order chi connectivity index (χ1) is 19.4. The summed E-state index contributed by atoms with van der Waals surface area (Å²) in [4.78, 5) is 37.0. The molecule has 0 aliphatic heterocycles. The van der Waals surface area contributed by atoms with Crippen LogP contribution in [-0.4, -0.2) is 36.2 Å². The summed E-state index contributed by atoms with van der Waals surface area (Å²) in [7, 11) is 0. The summed E-state index contributed by atoms with van der Waals surface area (Å²) in [6, 6.07) is 16.7. The van der Waals surface area contributed by atoms with Crippen LogP contribution < -0.4 is 18.9 Å². The minimum absolute atomic E-state index is 0.00280. The van der Waals surface area contributed by atoms with Gasteiger partial charge in [0.15, 0.2) is 0 Å². The molecule has 0 heterocycles. The molecule has 0 saturated carbocycles. The second-order valence-electron chi connectivity index (χ2n) is 9.26. The van der Waals surface area contributed by atoms with E-state index in [9.17, 15) is 19.5 Å². The number of benzene rings is 3. The van der Waals surface area contributed by atoms with Crippen molar-refractivity contribution in [2.24, 2.45) is 0 Å². The highest BCUT2D eigenvalue weighted by Crippen LogP contribution is 2.27. The smallest absolute Gasteiger partial charge is 0.343 e. The number of carboxylic acid groups (broad SMARTS) is 1. The lowest BCUT2D eigenvalue weighted by molar-refractivity contribution is 0.0670. The molecule has 0 radical (unpaired) electrons. The molecule has 0 fully saturated rings. The minimum Gasteiger partial charge on any atom is -0.494 e. The van der Waals surface area contributed by atoms with Gasteiger partial charge < -0.3 is 24.1 Å². The van der Waals surface area contributed by atoms with Crippen LogP contribution in [0.25, 0.3) is 0 Å². The van der Waals surface area contributed by atoms with Crippen molar-refractivity contribution in [1.29, 1.82) is 0 Å². The molecule has 0 aromatic heterocycles. The monoisotopic (exact) mass is 548 g/mol. The van der Waals surface area contributed by atoms with E-state index < -0.39 is 17.9 Å². The number of carbonyl (C=O) groups excluding carboxylic acids is 2. The Balaban J connectivity index is 1.56. The second kappa shape index (κ2) is 15.9. The Morgan fingerprint density at radius 1 is 0.600 bits per heavy atom. The molecule has 0 bridgehead atoms. The highest BCUT2D eigenvalue weighted by molar-refractivity contribution is 5.96. The van der Waals surface area contributed by atoms with Gasteiger partial charge in [-0.15, -0.1) is 0 Å². The first-order valence-electron chi connectivity index (χ1n) is 13.7. The van der Waals surface area contributed by atoms with E-state index >= 15 is 0 Å². The van der Waals surface area contributed by atoms with Gasteiger partial charge in [-0.05, 0) is 79.6 Å². The molecule has 212 valence electrons. The maximum Gasteiger partial charge on any atom is 0.343 e. The third-order valence-electron chi connectivity index (χ3n) is 6.01. The summed E-state index contributed by atoms with van der Waals surface area (Å²) in [5.74, 6) is -1.62.